The van der Waals surface area contributed by atoms with Gasteiger partial charge in [0.2, 0.25) is 10.0 Å². The Morgan fingerprint density at radius 2 is 1.96 bits per heavy atom. The van der Waals surface area contributed by atoms with Crippen LogP contribution in [0.2, 0.25) is 0 Å². The molecule has 0 radical (unpaired) electrons. The number of nitrogens with zero attached hydrogens (tertiary/aromatic N) is 3. The first-order chi connectivity index (χ1) is 13.5. The smallest absolute Gasteiger partial charge is 0.213 e. The molecule has 1 aliphatic carbocycles. The number of hydrogen-bond donors (Lipinski definition) is 2. The summed E-state index contributed by atoms with van der Waals surface area (Å²) >= 11 is 0. The number of nitrogens with one attached hydrogen (secondary N) is 2. The van der Waals surface area contributed by atoms with Crippen molar-refractivity contribution in [2.45, 2.75) is 26.2 Å². The van der Waals surface area contributed by atoms with Gasteiger partial charge < -0.3 is 15.1 Å². The molecule has 1 aromatic rings. The molecule has 1 aromatic carbocycles. The standard InChI is InChI=1S/C20H33N5O2S/c1-17-5-3-8-19(15-17)24-10-12-25(13-11-24)20(21-2)22-9-14-28(26,27)23-16-18-6-4-7-18/h3,5,8,15,18,23H,4,6-7,9-14,16H2,1-2H3,(H,21,22). The van der Waals surface area contributed by atoms with Crippen LogP contribution in [0.3, 0.4) is 0 Å². The van der Waals surface area contributed by atoms with E-state index in [0.29, 0.717) is 19.0 Å². The second kappa shape index (κ2) is 9.60. The van der Waals surface area contributed by atoms with Gasteiger partial charge in [0.15, 0.2) is 5.96 Å². The molecule has 0 spiro atoms. The molecule has 0 atom stereocenters. The normalized spacial score (nSPS) is 18.9. The summed E-state index contributed by atoms with van der Waals surface area (Å²) < 4.78 is 27.0. The van der Waals surface area contributed by atoms with Crippen LogP contribution in [0.25, 0.3) is 0 Å². The Balaban J connectivity index is 1.42. The summed E-state index contributed by atoms with van der Waals surface area (Å²) in [6, 6.07) is 8.57. The van der Waals surface area contributed by atoms with Crippen LogP contribution in [0.4, 0.5) is 5.69 Å². The Hall–Kier alpha value is -1.80. The number of piperazine rings is 1. The minimum absolute atomic E-state index is 0.0714. The second-order valence-corrected chi connectivity index (χ2v) is 9.68. The fourth-order valence-corrected chi connectivity index (χ4v) is 4.65. The fraction of sp³-hybridized carbons (Fsp3) is 0.650. The van der Waals surface area contributed by atoms with Gasteiger partial charge in [0.05, 0.1) is 5.75 Å². The van der Waals surface area contributed by atoms with E-state index >= 15 is 0 Å². The van der Waals surface area contributed by atoms with Gasteiger partial charge in [-0.15, -0.1) is 0 Å². The molecule has 0 aromatic heterocycles. The third-order valence-corrected chi connectivity index (χ3v) is 6.98. The lowest BCUT2D eigenvalue weighted by atomic mass is 9.86. The largest absolute Gasteiger partial charge is 0.368 e. The van der Waals surface area contributed by atoms with E-state index < -0.39 is 10.0 Å². The molecule has 1 aliphatic heterocycles. The van der Waals surface area contributed by atoms with Crippen molar-refractivity contribution in [2.75, 3.05) is 57.0 Å². The zero-order valence-corrected chi connectivity index (χ0v) is 17.8. The number of aryl methyl sites for hydroxylation is 1. The second-order valence-electron chi connectivity index (χ2n) is 7.75. The van der Waals surface area contributed by atoms with E-state index in [0.717, 1.165) is 45.0 Å². The van der Waals surface area contributed by atoms with E-state index in [-0.39, 0.29) is 5.75 Å². The maximum atomic E-state index is 12.1. The summed E-state index contributed by atoms with van der Waals surface area (Å²) in [5, 5.41) is 3.21. The minimum atomic E-state index is -3.23. The molecule has 7 nitrogen and oxygen atoms in total. The first kappa shape index (κ1) is 20.9. The maximum Gasteiger partial charge on any atom is 0.213 e. The number of guanidine groups is 1. The topological polar surface area (TPSA) is 77.0 Å². The molecule has 8 heteroatoms. The number of sulfonamides is 1. The molecule has 2 N–H and O–H groups in total. The van der Waals surface area contributed by atoms with Crippen LogP contribution in [-0.4, -0.2) is 71.3 Å². The minimum Gasteiger partial charge on any atom is -0.368 e. The molecule has 1 saturated carbocycles. The summed E-state index contributed by atoms with van der Waals surface area (Å²) in [5.74, 6) is 1.38. The van der Waals surface area contributed by atoms with Crippen LogP contribution in [-0.2, 0) is 10.0 Å². The van der Waals surface area contributed by atoms with E-state index in [2.05, 4.69) is 56.0 Å². The van der Waals surface area contributed by atoms with Crippen LogP contribution < -0.4 is 14.9 Å². The molecule has 0 unspecified atom stereocenters. The van der Waals surface area contributed by atoms with Crippen LogP contribution in [0.5, 0.6) is 0 Å². The molecule has 1 saturated heterocycles. The quantitative estimate of drug-likeness (QED) is 0.528. The van der Waals surface area contributed by atoms with Crippen molar-refractivity contribution in [2.24, 2.45) is 10.9 Å². The molecular weight excluding hydrogens is 374 g/mol. The maximum absolute atomic E-state index is 12.1. The molecular formula is C20H33N5O2S. The summed E-state index contributed by atoms with van der Waals surface area (Å²) in [4.78, 5) is 8.91. The van der Waals surface area contributed by atoms with Gasteiger partial charge in [-0.2, -0.15) is 0 Å². The number of aliphatic imine (C=N–C) groups is 1. The summed E-state index contributed by atoms with van der Waals surface area (Å²) in [6.07, 6.45) is 3.51. The van der Waals surface area contributed by atoms with Gasteiger partial charge in [0.25, 0.3) is 0 Å². The SMILES string of the molecule is CN=C(NCCS(=O)(=O)NCC1CCC1)N1CCN(c2cccc(C)c2)CC1. The van der Waals surface area contributed by atoms with E-state index in [1.54, 1.807) is 7.05 Å². The Labute approximate surface area is 169 Å². The van der Waals surface area contributed by atoms with E-state index in [4.69, 9.17) is 0 Å². The number of benzene rings is 1. The summed E-state index contributed by atoms with van der Waals surface area (Å²) in [6.45, 7) is 6.63. The van der Waals surface area contributed by atoms with E-state index in [9.17, 15) is 8.42 Å². The van der Waals surface area contributed by atoms with Crippen molar-refractivity contribution in [3.63, 3.8) is 0 Å². The molecule has 0 bridgehead atoms. The highest BCUT2D eigenvalue weighted by molar-refractivity contribution is 7.89. The van der Waals surface area contributed by atoms with Crippen molar-refractivity contribution in [1.29, 1.82) is 0 Å². The third kappa shape index (κ3) is 5.85. The predicted octanol–water partition coefficient (Wildman–Crippen LogP) is 1.41. The lowest BCUT2D eigenvalue weighted by Gasteiger charge is -2.37. The highest BCUT2D eigenvalue weighted by atomic mass is 32.2. The summed E-state index contributed by atoms with van der Waals surface area (Å²) in [7, 11) is -1.48. The van der Waals surface area contributed by atoms with Gasteiger partial charge in [-0.05, 0) is 43.4 Å². The van der Waals surface area contributed by atoms with Crippen LogP contribution in [0, 0.1) is 12.8 Å². The first-order valence-electron chi connectivity index (χ1n) is 10.2. The van der Waals surface area contributed by atoms with Crippen molar-refractivity contribution in [3.8, 4) is 0 Å². The average molecular weight is 408 g/mol. The van der Waals surface area contributed by atoms with Gasteiger partial charge in [-0.1, -0.05) is 18.6 Å². The van der Waals surface area contributed by atoms with Crippen molar-refractivity contribution in [3.05, 3.63) is 29.8 Å². The molecule has 2 fully saturated rings. The molecule has 2 aliphatic rings. The summed E-state index contributed by atoms with van der Waals surface area (Å²) in [5.41, 5.74) is 2.52. The Morgan fingerprint density at radius 3 is 2.57 bits per heavy atom. The van der Waals surface area contributed by atoms with Crippen molar-refractivity contribution in [1.82, 2.24) is 14.9 Å². The molecule has 3 rings (SSSR count). The predicted molar refractivity (Wildman–Crippen MR) is 115 cm³/mol. The Bertz CT molecular complexity index is 769. The monoisotopic (exact) mass is 407 g/mol. The number of rotatable bonds is 7. The zero-order chi connectivity index (χ0) is 20.0. The lowest BCUT2D eigenvalue weighted by molar-refractivity contribution is 0.316. The van der Waals surface area contributed by atoms with Gasteiger partial charge in [-0.3, -0.25) is 4.99 Å². The lowest BCUT2D eigenvalue weighted by Crippen LogP contribution is -2.53. The molecule has 156 valence electrons. The van der Waals surface area contributed by atoms with Gasteiger partial charge >= 0.3 is 0 Å². The molecule has 0 amide bonds. The van der Waals surface area contributed by atoms with Gasteiger partial charge in [0, 0.05) is 52.0 Å². The Kier molecular flexibility index (Phi) is 7.18. The molecule has 1 heterocycles. The van der Waals surface area contributed by atoms with E-state index in [1.165, 1.54) is 17.7 Å². The van der Waals surface area contributed by atoms with Gasteiger partial charge in [-0.25, -0.2) is 13.1 Å². The van der Waals surface area contributed by atoms with Crippen molar-refractivity contribution < 1.29 is 8.42 Å². The fourth-order valence-electron chi connectivity index (χ4n) is 3.64. The van der Waals surface area contributed by atoms with Gasteiger partial charge in [0.1, 0.15) is 0 Å². The molecule has 28 heavy (non-hydrogen) atoms. The third-order valence-electron chi connectivity index (χ3n) is 5.63. The zero-order valence-electron chi connectivity index (χ0n) is 17.0. The average Bonchev–Trinajstić information content (AvgIpc) is 2.64. The van der Waals surface area contributed by atoms with Crippen LogP contribution >= 0.6 is 0 Å². The van der Waals surface area contributed by atoms with E-state index in [1.807, 2.05) is 0 Å². The highest BCUT2D eigenvalue weighted by Crippen LogP contribution is 2.25. The number of anilines is 1. The van der Waals surface area contributed by atoms with Crippen molar-refractivity contribution >= 4 is 21.7 Å². The highest BCUT2D eigenvalue weighted by Gasteiger charge is 2.22. The van der Waals surface area contributed by atoms with Crippen LogP contribution in [0.15, 0.2) is 29.3 Å². The Morgan fingerprint density at radius 1 is 1.21 bits per heavy atom. The first-order valence-corrected chi connectivity index (χ1v) is 11.9. The van der Waals surface area contributed by atoms with Crippen LogP contribution in [0.1, 0.15) is 24.8 Å². The number of hydrogen-bond acceptors (Lipinski definition) is 4.